The quantitative estimate of drug-likeness (QED) is 0.659. The average molecular weight is 249 g/mol. The molecule has 1 aromatic rings. The zero-order valence-electron chi connectivity index (χ0n) is 11.0. The molecule has 18 heavy (non-hydrogen) atoms. The van der Waals surface area contributed by atoms with Crippen molar-refractivity contribution in [2.75, 3.05) is 11.9 Å². The third-order valence-electron chi connectivity index (χ3n) is 2.81. The van der Waals surface area contributed by atoms with Crippen molar-refractivity contribution in [1.82, 2.24) is 0 Å². The summed E-state index contributed by atoms with van der Waals surface area (Å²) in [4.78, 5) is 22.5. The summed E-state index contributed by atoms with van der Waals surface area (Å²) in [7, 11) is 0. The van der Waals surface area contributed by atoms with Gasteiger partial charge >= 0.3 is 11.9 Å². The first-order valence-corrected chi connectivity index (χ1v) is 6.16. The molecule has 0 aromatic heterocycles. The lowest BCUT2D eigenvalue weighted by Crippen LogP contribution is -2.24. The van der Waals surface area contributed by atoms with Gasteiger partial charge in [-0.15, -0.1) is 0 Å². The summed E-state index contributed by atoms with van der Waals surface area (Å²) in [6.07, 6.45) is 1.06. The van der Waals surface area contributed by atoms with Gasteiger partial charge in [-0.3, -0.25) is 4.79 Å². The summed E-state index contributed by atoms with van der Waals surface area (Å²) in [5.74, 6) is -1.11. The summed E-state index contributed by atoms with van der Waals surface area (Å²) >= 11 is 0. The molecule has 1 rings (SSSR count). The first-order chi connectivity index (χ1) is 8.58. The Bertz CT molecular complexity index is 412. The summed E-state index contributed by atoms with van der Waals surface area (Å²) in [6.45, 7) is 6.12. The molecule has 0 aliphatic heterocycles. The first-order valence-electron chi connectivity index (χ1n) is 6.16. The normalized spacial score (nSPS) is 11.7. The van der Waals surface area contributed by atoms with E-state index in [0.717, 1.165) is 6.42 Å². The third-order valence-corrected chi connectivity index (χ3v) is 2.81. The van der Waals surface area contributed by atoms with Crippen molar-refractivity contribution >= 4 is 17.6 Å². The van der Waals surface area contributed by atoms with Gasteiger partial charge < -0.3 is 10.1 Å². The molecule has 0 fully saturated rings. The standard InChI is InChI=1S/C14H19NO3/c1-4-10(3)11-6-8-12(9-7-11)15-13(16)14(17)18-5-2/h6-10H,4-5H2,1-3H3,(H,15,16)/t10-/m0/s1. The van der Waals surface area contributed by atoms with Gasteiger partial charge in [0, 0.05) is 5.69 Å². The Hall–Kier alpha value is -1.84. The lowest BCUT2D eigenvalue weighted by molar-refractivity contribution is -0.152. The molecule has 0 aliphatic carbocycles. The topological polar surface area (TPSA) is 55.4 Å². The van der Waals surface area contributed by atoms with Crippen LogP contribution in [0.25, 0.3) is 0 Å². The fraction of sp³-hybridized carbons (Fsp3) is 0.429. The molecular formula is C14H19NO3. The van der Waals surface area contributed by atoms with E-state index in [1.165, 1.54) is 5.56 Å². The van der Waals surface area contributed by atoms with E-state index in [0.29, 0.717) is 11.6 Å². The van der Waals surface area contributed by atoms with Crippen LogP contribution in [0, 0.1) is 0 Å². The van der Waals surface area contributed by atoms with E-state index in [-0.39, 0.29) is 6.61 Å². The van der Waals surface area contributed by atoms with Gasteiger partial charge in [0.05, 0.1) is 6.61 Å². The molecular weight excluding hydrogens is 230 g/mol. The van der Waals surface area contributed by atoms with Crippen LogP contribution in [0.1, 0.15) is 38.7 Å². The van der Waals surface area contributed by atoms with Crippen molar-refractivity contribution in [1.29, 1.82) is 0 Å². The Kier molecular flexibility index (Phi) is 5.36. The van der Waals surface area contributed by atoms with E-state index in [4.69, 9.17) is 0 Å². The molecule has 1 atom stereocenters. The molecule has 0 heterocycles. The minimum absolute atomic E-state index is 0.194. The molecule has 4 nitrogen and oxygen atoms in total. The monoisotopic (exact) mass is 249 g/mol. The fourth-order valence-corrected chi connectivity index (χ4v) is 1.51. The van der Waals surface area contributed by atoms with Crippen LogP contribution in [-0.4, -0.2) is 18.5 Å². The SMILES string of the molecule is CCOC(=O)C(=O)Nc1ccc([C@@H](C)CC)cc1. The van der Waals surface area contributed by atoms with Crippen molar-refractivity contribution in [2.45, 2.75) is 33.1 Å². The number of nitrogens with one attached hydrogen (secondary N) is 1. The number of hydrogen-bond donors (Lipinski definition) is 1. The highest BCUT2D eigenvalue weighted by molar-refractivity contribution is 6.37. The van der Waals surface area contributed by atoms with E-state index >= 15 is 0 Å². The molecule has 0 bridgehead atoms. The van der Waals surface area contributed by atoms with E-state index in [1.54, 1.807) is 19.1 Å². The van der Waals surface area contributed by atoms with Gasteiger partial charge in [0.1, 0.15) is 0 Å². The van der Waals surface area contributed by atoms with Crippen LogP contribution >= 0.6 is 0 Å². The lowest BCUT2D eigenvalue weighted by Gasteiger charge is -2.10. The summed E-state index contributed by atoms with van der Waals surface area (Å²) in [5, 5.41) is 2.50. The van der Waals surface area contributed by atoms with Crippen LogP contribution in [-0.2, 0) is 14.3 Å². The van der Waals surface area contributed by atoms with E-state index in [2.05, 4.69) is 23.9 Å². The zero-order valence-corrected chi connectivity index (χ0v) is 11.0. The molecule has 98 valence electrons. The van der Waals surface area contributed by atoms with Crippen LogP contribution in [0.2, 0.25) is 0 Å². The van der Waals surface area contributed by atoms with Crippen LogP contribution in [0.15, 0.2) is 24.3 Å². The molecule has 4 heteroatoms. The smallest absolute Gasteiger partial charge is 0.397 e. The highest BCUT2D eigenvalue weighted by Gasteiger charge is 2.14. The number of rotatable bonds is 4. The van der Waals surface area contributed by atoms with Gasteiger partial charge in [-0.1, -0.05) is 26.0 Å². The van der Waals surface area contributed by atoms with Gasteiger partial charge in [0.2, 0.25) is 0 Å². The maximum absolute atomic E-state index is 11.4. The average Bonchev–Trinajstić information content (AvgIpc) is 2.39. The van der Waals surface area contributed by atoms with Gasteiger partial charge in [-0.2, -0.15) is 0 Å². The molecule has 0 aliphatic rings. The maximum Gasteiger partial charge on any atom is 0.397 e. The van der Waals surface area contributed by atoms with Gasteiger partial charge in [0.15, 0.2) is 0 Å². The predicted molar refractivity (Wildman–Crippen MR) is 70.4 cm³/mol. The second-order valence-corrected chi connectivity index (χ2v) is 4.11. The molecule has 0 saturated carbocycles. The highest BCUT2D eigenvalue weighted by Crippen LogP contribution is 2.20. The Balaban J connectivity index is 2.64. The van der Waals surface area contributed by atoms with Crippen LogP contribution in [0.3, 0.4) is 0 Å². The number of carbonyl (C=O) groups is 2. The maximum atomic E-state index is 11.4. The largest absolute Gasteiger partial charge is 0.459 e. The second-order valence-electron chi connectivity index (χ2n) is 4.11. The highest BCUT2D eigenvalue weighted by atomic mass is 16.5. The van der Waals surface area contributed by atoms with Crippen LogP contribution in [0.4, 0.5) is 5.69 Å². The molecule has 0 spiro atoms. The number of benzene rings is 1. The van der Waals surface area contributed by atoms with Gasteiger partial charge in [0.25, 0.3) is 0 Å². The number of ether oxygens (including phenoxy) is 1. The molecule has 1 N–H and O–H groups in total. The van der Waals surface area contributed by atoms with Crippen molar-refractivity contribution < 1.29 is 14.3 Å². The van der Waals surface area contributed by atoms with Crippen LogP contribution in [0.5, 0.6) is 0 Å². The zero-order chi connectivity index (χ0) is 13.5. The van der Waals surface area contributed by atoms with E-state index in [1.807, 2.05) is 12.1 Å². The predicted octanol–water partition coefficient (Wildman–Crippen LogP) is 2.70. The van der Waals surface area contributed by atoms with Crippen molar-refractivity contribution in [3.05, 3.63) is 29.8 Å². The summed E-state index contributed by atoms with van der Waals surface area (Å²) < 4.78 is 4.60. The van der Waals surface area contributed by atoms with Gasteiger partial charge in [-0.25, -0.2) is 4.79 Å². The Labute approximate surface area is 107 Å². The minimum atomic E-state index is -0.858. The molecule has 0 saturated heterocycles. The summed E-state index contributed by atoms with van der Waals surface area (Å²) in [6, 6.07) is 7.49. The first kappa shape index (κ1) is 14.2. The Morgan fingerprint density at radius 3 is 2.33 bits per heavy atom. The van der Waals surface area contributed by atoms with E-state index in [9.17, 15) is 9.59 Å². The molecule has 0 unspecified atom stereocenters. The summed E-state index contributed by atoms with van der Waals surface area (Å²) in [5.41, 5.74) is 1.81. The number of hydrogen-bond acceptors (Lipinski definition) is 3. The number of amides is 1. The number of carbonyl (C=O) groups excluding carboxylic acids is 2. The lowest BCUT2D eigenvalue weighted by atomic mass is 9.99. The van der Waals surface area contributed by atoms with E-state index < -0.39 is 11.9 Å². The minimum Gasteiger partial charge on any atom is -0.459 e. The number of anilines is 1. The van der Waals surface area contributed by atoms with Crippen LogP contribution < -0.4 is 5.32 Å². The van der Waals surface area contributed by atoms with Crippen molar-refractivity contribution in [3.8, 4) is 0 Å². The molecule has 0 radical (unpaired) electrons. The van der Waals surface area contributed by atoms with Crippen molar-refractivity contribution in [2.24, 2.45) is 0 Å². The Morgan fingerprint density at radius 1 is 1.22 bits per heavy atom. The number of esters is 1. The fourth-order valence-electron chi connectivity index (χ4n) is 1.51. The Morgan fingerprint density at radius 2 is 1.83 bits per heavy atom. The van der Waals surface area contributed by atoms with Crippen molar-refractivity contribution in [3.63, 3.8) is 0 Å². The second kappa shape index (κ2) is 6.79. The molecule has 1 aromatic carbocycles. The third kappa shape index (κ3) is 3.87. The van der Waals surface area contributed by atoms with Gasteiger partial charge in [-0.05, 0) is 37.0 Å². The molecule has 1 amide bonds.